The first kappa shape index (κ1) is 27.3. The third kappa shape index (κ3) is 7.80. The molecule has 0 spiro atoms. The van der Waals surface area contributed by atoms with Crippen LogP contribution < -0.4 is 10.6 Å². The SMILES string of the molecule is CO[C@@H]1O[C@H](C[C@H](NC(=O)[C@H](C)NC(=O)OC(C)(C)C)C(=O)OC(C)C)[C@H]2OC(C)(C)O[C@@H]12. The van der Waals surface area contributed by atoms with Gasteiger partial charge in [0.1, 0.15) is 29.9 Å². The van der Waals surface area contributed by atoms with Crippen LogP contribution in [0.3, 0.4) is 0 Å². The van der Waals surface area contributed by atoms with Gasteiger partial charge in [0.2, 0.25) is 5.91 Å². The van der Waals surface area contributed by atoms with E-state index in [9.17, 15) is 14.4 Å². The average Bonchev–Trinajstić information content (AvgIpc) is 3.11. The lowest BCUT2D eigenvalue weighted by molar-refractivity contribution is -0.228. The summed E-state index contributed by atoms with van der Waals surface area (Å²) >= 11 is 0. The van der Waals surface area contributed by atoms with E-state index in [0.29, 0.717) is 0 Å². The van der Waals surface area contributed by atoms with Crippen LogP contribution in [-0.2, 0) is 38.0 Å². The largest absolute Gasteiger partial charge is 0.461 e. The van der Waals surface area contributed by atoms with E-state index in [-0.39, 0.29) is 12.5 Å². The van der Waals surface area contributed by atoms with Gasteiger partial charge in [-0.1, -0.05) is 0 Å². The molecule has 0 aromatic carbocycles. The zero-order valence-corrected chi connectivity index (χ0v) is 20.9. The second-order valence-corrected chi connectivity index (χ2v) is 9.99. The van der Waals surface area contributed by atoms with E-state index in [1.165, 1.54) is 14.0 Å². The molecule has 0 saturated carbocycles. The molecule has 2 fully saturated rings. The summed E-state index contributed by atoms with van der Waals surface area (Å²) in [5.41, 5.74) is -0.713. The van der Waals surface area contributed by atoms with Gasteiger partial charge >= 0.3 is 12.1 Å². The summed E-state index contributed by atoms with van der Waals surface area (Å²) in [6.07, 6.45) is -3.29. The van der Waals surface area contributed by atoms with Crippen molar-refractivity contribution < 1.29 is 42.8 Å². The molecule has 6 atom stereocenters. The van der Waals surface area contributed by atoms with Crippen LogP contribution in [0.1, 0.15) is 61.8 Å². The lowest BCUT2D eigenvalue weighted by atomic mass is 10.0. The van der Waals surface area contributed by atoms with Gasteiger partial charge < -0.3 is 39.1 Å². The molecule has 11 nitrogen and oxygen atoms in total. The van der Waals surface area contributed by atoms with Gasteiger partial charge in [0, 0.05) is 13.5 Å². The van der Waals surface area contributed by atoms with Crippen LogP contribution in [0.5, 0.6) is 0 Å². The van der Waals surface area contributed by atoms with Gasteiger partial charge in [-0.3, -0.25) is 4.79 Å². The second kappa shape index (κ2) is 10.5. The number of hydrogen-bond donors (Lipinski definition) is 2. The van der Waals surface area contributed by atoms with Crippen molar-refractivity contribution in [1.29, 1.82) is 0 Å². The van der Waals surface area contributed by atoms with E-state index in [4.69, 9.17) is 28.4 Å². The molecule has 0 radical (unpaired) electrons. The monoisotopic (exact) mass is 474 g/mol. The van der Waals surface area contributed by atoms with Crippen molar-refractivity contribution in [3.63, 3.8) is 0 Å². The number of alkyl carbamates (subject to hydrolysis) is 1. The molecule has 2 saturated heterocycles. The summed E-state index contributed by atoms with van der Waals surface area (Å²) in [5.74, 6) is -2.03. The zero-order chi connectivity index (χ0) is 25.1. The molecule has 33 heavy (non-hydrogen) atoms. The second-order valence-electron chi connectivity index (χ2n) is 9.99. The minimum Gasteiger partial charge on any atom is -0.461 e. The summed E-state index contributed by atoms with van der Waals surface area (Å²) in [5, 5.41) is 5.11. The molecule has 11 heteroatoms. The van der Waals surface area contributed by atoms with Crippen LogP contribution in [0.2, 0.25) is 0 Å². The zero-order valence-electron chi connectivity index (χ0n) is 20.9. The van der Waals surface area contributed by atoms with E-state index in [2.05, 4.69) is 10.6 Å². The molecule has 0 aromatic heterocycles. The van der Waals surface area contributed by atoms with E-state index >= 15 is 0 Å². The van der Waals surface area contributed by atoms with Crippen molar-refractivity contribution in [2.45, 2.75) is 116 Å². The first-order chi connectivity index (χ1) is 15.1. The van der Waals surface area contributed by atoms with Crippen molar-refractivity contribution in [3.05, 3.63) is 0 Å². The molecule has 2 heterocycles. The Morgan fingerprint density at radius 3 is 2.18 bits per heavy atom. The van der Waals surface area contributed by atoms with E-state index in [0.717, 1.165) is 0 Å². The van der Waals surface area contributed by atoms with Crippen LogP contribution in [-0.4, -0.2) is 79.3 Å². The first-order valence-corrected chi connectivity index (χ1v) is 11.2. The van der Waals surface area contributed by atoms with Crippen LogP contribution >= 0.6 is 0 Å². The maximum Gasteiger partial charge on any atom is 0.408 e. The third-order valence-electron chi connectivity index (χ3n) is 4.89. The number of carbonyl (C=O) groups is 3. The lowest BCUT2D eigenvalue weighted by Crippen LogP contribution is -2.53. The summed E-state index contributed by atoms with van der Waals surface area (Å²) in [7, 11) is 1.50. The smallest absolute Gasteiger partial charge is 0.408 e. The Labute approximate surface area is 195 Å². The predicted molar refractivity (Wildman–Crippen MR) is 116 cm³/mol. The van der Waals surface area contributed by atoms with Gasteiger partial charge in [-0.2, -0.15) is 0 Å². The van der Waals surface area contributed by atoms with E-state index < -0.39 is 66.0 Å². The molecular weight excluding hydrogens is 436 g/mol. The van der Waals surface area contributed by atoms with Crippen LogP contribution in [0.25, 0.3) is 0 Å². The van der Waals surface area contributed by atoms with Crippen molar-refractivity contribution in [2.75, 3.05) is 7.11 Å². The van der Waals surface area contributed by atoms with Crippen molar-refractivity contribution >= 4 is 18.0 Å². The Balaban J connectivity index is 2.09. The molecule has 0 bridgehead atoms. The molecule has 2 N–H and O–H groups in total. The van der Waals surface area contributed by atoms with Crippen molar-refractivity contribution in [2.24, 2.45) is 0 Å². The summed E-state index contributed by atoms with van der Waals surface area (Å²) in [6, 6.07) is -2.00. The summed E-state index contributed by atoms with van der Waals surface area (Å²) < 4.78 is 33.6. The number of fused-ring (bicyclic) bond motifs is 1. The topological polar surface area (TPSA) is 131 Å². The Hall–Kier alpha value is -1.95. The number of methoxy groups -OCH3 is 1. The van der Waals surface area contributed by atoms with Crippen LogP contribution in [0.4, 0.5) is 4.79 Å². The molecule has 0 aliphatic carbocycles. The Kier molecular flexibility index (Phi) is 8.72. The summed E-state index contributed by atoms with van der Waals surface area (Å²) in [4.78, 5) is 37.5. The van der Waals surface area contributed by atoms with Gasteiger partial charge in [0.25, 0.3) is 0 Å². The van der Waals surface area contributed by atoms with Gasteiger partial charge in [-0.25, -0.2) is 9.59 Å². The highest BCUT2D eigenvalue weighted by Crippen LogP contribution is 2.40. The molecule has 2 aliphatic heterocycles. The quantitative estimate of drug-likeness (QED) is 0.504. The molecule has 2 amide bonds. The minimum atomic E-state index is -1.05. The average molecular weight is 475 g/mol. The number of esters is 1. The van der Waals surface area contributed by atoms with Gasteiger partial charge in [0.05, 0.1) is 12.2 Å². The fraction of sp³-hybridized carbons (Fsp3) is 0.864. The van der Waals surface area contributed by atoms with E-state index in [1.54, 1.807) is 48.5 Å². The lowest BCUT2D eigenvalue weighted by Gasteiger charge is -2.27. The number of amides is 2. The third-order valence-corrected chi connectivity index (χ3v) is 4.89. The number of rotatable bonds is 8. The first-order valence-electron chi connectivity index (χ1n) is 11.2. The molecular formula is C22H38N2O9. The minimum absolute atomic E-state index is 0.0664. The van der Waals surface area contributed by atoms with Crippen molar-refractivity contribution in [3.8, 4) is 0 Å². The Morgan fingerprint density at radius 2 is 1.64 bits per heavy atom. The Bertz CT molecular complexity index is 719. The Morgan fingerprint density at radius 1 is 1.03 bits per heavy atom. The van der Waals surface area contributed by atoms with E-state index in [1.807, 2.05) is 0 Å². The predicted octanol–water partition coefficient (Wildman–Crippen LogP) is 1.62. The molecule has 2 aliphatic rings. The highest BCUT2D eigenvalue weighted by atomic mass is 16.8. The number of carbonyl (C=O) groups excluding carboxylic acids is 3. The number of ether oxygens (including phenoxy) is 6. The maximum absolute atomic E-state index is 12.8. The number of nitrogens with one attached hydrogen (secondary N) is 2. The van der Waals surface area contributed by atoms with Crippen LogP contribution in [0, 0.1) is 0 Å². The van der Waals surface area contributed by atoms with Gasteiger partial charge in [-0.15, -0.1) is 0 Å². The highest BCUT2D eigenvalue weighted by Gasteiger charge is 2.56. The summed E-state index contributed by atoms with van der Waals surface area (Å²) in [6.45, 7) is 13.6. The van der Waals surface area contributed by atoms with Crippen molar-refractivity contribution in [1.82, 2.24) is 10.6 Å². The van der Waals surface area contributed by atoms with Crippen LogP contribution in [0.15, 0.2) is 0 Å². The maximum atomic E-state index is 12.8. The standard InChI is InChI=1S/C22H38N2O9/c1-11(2)29-18(26)13(24-17(25)12(3)23-20(27)33-21(4,5)6)10-14-15-16(19(28-9)30-14)32-22(7,8)31-15/h11-16,19H,10H2,1-9H3,(H,23,27)(H,24,25)/t12-,13-,14+,15+,16+,19+/m0/s1. The normalized spacial score (nSPS) is 28.1. The molecule has 2 rings (SSSR count). The molecule has 0 unspecified atom stereocenters. The highest BCUT2D eigenvalue weighted by molar-refractivity contribution is 5.89. The fourth-order valence-electron chi connectivity index (χ4n) is 3.63. The molecule has 190 valence electrons. The fourth-order valence-corrected chi connectivity index (χ4v) is 3.63. The molecule has 0 aromatic rings. The number of hydrogen-bond acceptors (Lipinski definition) is 9. The van der Waals surface area contributed by atoms with Gasteiger partial charge in [0.15, 0.2) is 12.1 Å². The van der Waals surface area contributed by atoms with Gasteiger partial charge in [-0.05, 0) is 55.4 Å².